The van der Waals surface area contributed by atoms with Crippen molar-refractivity contribution in [3.05, 3.63) is 53.9 Å². The Balaban J connectivity index is 1.06. The highest BCUT2D eigenvalue weighted by atomic mass is 16.5. The number of rotatable bonds is 7. The largest absolute Gasteiger partial charge is 0.493 e. The van der Waals surface area contributed by atoms with E-state index in [2.05, 4.69) is 57.3 Å². The Kier molecular flexibility index (Phi) is 8.56. The van der Waals surface area contributed by atoms with Crippen LogP contribution >= 0.6 is 0 Å². The lowest BCUT2D eigenvalue weighted by Crippen LogP contribution is -2.42. The standard InChI is InChI=1S/C30H39N5O3/c1-2-22-19-31-30(32-20-22)35-15-11-23(12-16-35)21-38-28-9-7-25(8-10-28)24-3-5-26(6-4-24)29(36)34-17-13-27(33-37)14-18-34/h3,7-10,19-20,23,26,37H,2,4-6,11-18,21H2,1H3. The molecule has 1 aliphatic carbocycles. The highest BCUT2D eigenvalue weighted by Crippen LogP contribution is 2.32. The molecule has 1 unspecified atom stereocenters. The zero-order chi connectivity index (χ0) is 26.3. The number of amides is 1. The van der Waals surface area contributed by atoms with Gasteiger partial charge in [-0.25, -0.2) is 9.97 Å². The molecule has 0 bridgehead atoms. The van der Waals surface area contributed by atoms with Crippen molar-refractivity contribution in [2.45, 2.75) is 58.3 Å². The molecule has 2 aliphatic heterocycles. The maximum absolute atomic E-state index is 12.9. The third-order valence-corrected chi connectivity index (χ3v) is 8.26. The van der Waals surface area contributed by atoms with Gasteiger partial charge in [-0.1, -0.05) is 30.3 Å². The molecule has 0 radical (unpaired) electrons. The molecule has 0 saturated carbocycles. The van der Waals surface area contributed by atoms with Crippen LogP contribution in [0.5, 0.6) is 5.75 Å². The molecule has 1 amide bonds. The van der Waals surface area contributed by atoms with E-state index >= 15 is 0 Å². The van der Waals surface area contributed by atoms with E-state index in [0.29, 0.717) is 31.8 Å². The highest BCUT2D eigenvalue weighted by molar-refractivity contribution is 5.88. The summed E-state index contributed by atoms with van der Waals surface area (Å²) in [7, 11) is 0. The number of benzene rings is 1. The van der Waals surface area contributed by atoms with Gasteiger partial charge in [0.1, 0.15) is 5.75 Å². The predicted molar refractivity (Wildman–Crippen MR) is 149 cm³/mol. The van der Waals surface area contributed by atoms with Crippen LogP contribution in [0.2, 0.25) is 0 Å². The van der Waals surface area contributed by atoms with Crippen molar-refractivity contribution in [2.24, 2.45) is 17.0 Å². The van der Waals surface area contributed by atoms with E-state index in [1.807, 2.05) is 17.3 Å². The Morgan fingerprint density at radius 2 is 1.74 bits per heavy atom. The average molecular weight is 518 g/mol. The Bertz CT molecular complexity index is 1130. The van der Waals surface area contributed by atoms with Crippen molar-refractivity contribution >= 4 is 23.1 Å². The number of piperidine rings is 2. The average Bonchev–Trinajstić information content (AvgIpc) is 3.00. The highest BCUT2D eigenvalue weighted by Gasteiger charge is 2.28. The van der Waals surface area contributed by atoms with E-state index in [1.54, 1.807) is 0 Å². The summed E-state index contributed by atoms with van der Waals surface area (Å²) in [6, 6.07) is 8.42. The topological polar surface area (TPSA) is 91.2 Å². The third-order valence-electron chi connectivity index (χ3n) is 8.26. The van der Waals surface area contributed by atoms with E-state index in [4.69, 9.17) is 9.94 Å². The van der Waals surface area contributed by atoms with Crippen LogP contribution in [0.15, 0.2) is 47.9 Å². The molecule has 2 fully saturated rings. The minimum atomic E-state index is 0.0580. The molecule has 3 heterocycles. The van der Waals surface area contributed by atoms with Crippen LogP contribution in [0.1, 0.15) is 63.0 Å². The Labute approximate surface area is 225 Å². The number of oxime groups is 1. The fourth-order valence-corrected chi connectivity index (χ4v) is 5.64. The number of aryl methyl sites for hydroxylation is 1. The number of carbonyl (C=O) groups excluding carboxylic acids is 1. The van der Waals surface area contributed by atoms with E-state index in [9.17, 15) is 4.79 Å². The first-order valence-corrected chi connectivity index (χ1v) is 14.1. The summed E-state index contributed by atoms with van der Waals surface area (Å²) in [5, 5.41) is 12.2. The molecule has 5 rings (SSSR count). The van der Waals surface area contributed by atoms with Gasteiger partial charge in [0, 0.05) is 57.3 Å². The number of nitrogens with zero attached hydrogens (tertiary/aromatic N) is 5. The van der Waals surface area contributed by atoms with E-state index < -0.39 is 0 Å². The first-order valence-electron chi connectivity index (χ1n) is 14.1. The molecule has 202 valence electrons. The van der Waals surface area contributed by atoms with Crippen molar-refractivity contribution < 1.29 is 14.7 Å². The van der Waals surface area contributed by atoms with E-state index in [1.165, 1.54) is 16.7 Å². The number of carbonyl (C=O) groups is 1. The fraction of sp³-hybridized carbons (Fsp3) is 0.533. The van der Waals surface area contributed by atoms with Gasteiger partial charge in [-0.15, -0.1) is 0 Å². The van der Waals surface area contributed by atoms with Crippen LogP contribution in [-0.4, -0.2) is 64.5 Å². The lowest BCUT2D eigenvalue weighted by molar-refractivity contribution is -0.135. The summed E-state index contributed by atoms with van der Waals surface area (Å²) in [4.78, 5) is 26.2. The number of hydrogen-bond acceptors (Lipinski definition) is 7. The molecular weight excluding hydrogens is 478 g/mol. The van der Waals surface area contributed by atoms with Crippen LogP contribution in [-0.2, 0) is 11.2 Å². The van der Waals surface area contributed by atoms with Gasteiger partial charge in [-0.05, 0) is 73.3 Å². The summed E-state index contributed by atoms with van der Waals surface area (Å²) in [5.41, 5.74) is 4.49. The summed E-state index contributed by atoms with van der Waals surface area (Å²) in [5.74, 6) is 2.59. The molecule has 3 aliphatic rings. The number of anilines is 1. The molecule has 1 aromatic heterocycles. The number of aromatic nitrogens is 2. The molecule has 0 spiro atoms. The summed E-state index contributed by atoms with van der Waals surface area (Å²) >= 11 is 0. The quantitative estimate of drug-likeness (QED) is 0.412. The Hall–Kier alpha value is -3.42. The minimum Gasteiger partial charge on any atom is -0.493 e. The zero-order valence-electron chi connectivity index (χ0n) is 22.4. The first-order chi connectivity index (χ1) is 18.6. The molecule has 38 heavy (non-hydrogen) atoms. The summed E-state index contributed by atoms with van der Waals surface area (Å²) in [6.45, 7) is 6.10. The first kappa shape index (κ1) is 26.2. The second-order valence-corrected chi connectivity index (χ2v) is 10.7. The van der Waals surface area contributed by atoms with Crippen LogP contribution in [0.3, 0.4) is 0 Å². The second kappa shape index (κ2) is 12.4. The monoisotopic (exact) mass is 517 g/mol. The zero-order valence-corrected chi connectivity index (χ0v) is 22.4. The maximum atomic E-state index is 12.9. The van der Waals surface area contributed by atoms with Crippen LogP contribution in [0, 0.1) is 11.8 Å². The normalized spacial score (nSPS) is 20.7. The fourth-order valence-electron chi connectivity index (χ4n) is 5.64. The molecule has 1 atom stereocenters. The van der Waals surface area contributed by atoms with Gasteiger partial charge in [0.25, 0.3) is 0 Å². The maximum Gasteiger partial charge on any atom is 0.226 e. The molecule has 8 nitrogen and oxygen atoms in total. The molecule has 8 heteroatoms. The van der Waals surface area contributed by atoms with Gasteiger partial charge in [0.15, 0.2) is 0 Å². The van der Waals surface area contributed by atoms with Gasteiger partial charge in [-0.3, -0.25) is 4.79 Å². The van der Waals surface area contributed by atoms with Crippen molar-refractivity contribution in [2.75, 3.05) is 37.7 Å². The van der Waals surface area contributed by atoms with Crippen molar-refractivity contribution in [1.29, 1.82) is 0 Å². The van der Waals surface area contributed by atoms with Crippen molar-refractivity contribution in [3.63, 3.8) is 0 Å². The lowest BCUT2D eigenvalue weighted by Gasteiger charge is -2.32. The van der Waals surface area contributed by atoms with Gasteiger partial charge in [0.05, 0.1) is 12.3 Å². The van der Waals surface area contributed by atoms with E-state index in [-0.39, 0.29) is 11.8 Å². The van der Waals surface area contributed by atoms with Crippen LogP contribution in [0.25, 0.3) is 5.57 Å². The SMILES string of the molecule is CCc1cnc(N2CCC(COc3ccc(C4=CCC(C(=O)N5CCC(=NO)CC5)CC4)cc3)CC2)nc1. The molecule has 1 aromatic carbocycles. The molecule has 2 saturated heterocycles. The van der Waals surface area contributed by atoms with E-state index in [0.717, 1.165) is 75.6 Å². The van der Waals surface area contributed by atoms with Gasteiger partial charge >= 0.3 is 0 Å². The Morgan fingerprint density at radius 3 is 2.34 bits per heavy atom. The van der Waals surface area contributed by atoms with Crippen molar-refractivity contribution in [1.82, 2.24) is 14.9 Å². The summed E-state index contributed by atoms with van der Waals surface area (Å²) < 4.78 is 6.15. The predicted octanol–water partition coefficient (Wildman–Crippen LogP) is 4.97. The molecule has 2 aromatic rings. The molecular formula is C30H39N5O3. The third kappa shape index (κ3) is 6.34. The van der Waals surface area contributed by atoms with Gasteiger partial charge in [-0.2, -0.15) is 0 Å². The van der Waals surface area contributed by atoms with Gasteiger partial charge < -0.3 is 19.7 Å². The number of ether oxygens (including phenoxy) is 1. The van der Waals surface area contributed by atoms with Crippen LogP contribution < -0.4 is 9.64 Å². The summed E-state index contributed by atoms with van der Waals surface area (Å²) in [6.07, 6.45) is 13.2. The minimum absolute atomic E-state index is 0.0580. The van der Waals surface area contributed by atoms with Gasteiger partial charge in [0.2, 0.25) is 11.9 Å². The number of likely N-dealkylation sites (tertiary alicyclic amines) is 1. The number of hydrogen-bond donors (Lipinski definition) is 1. The van der Waals surface area contributed by atoms with Crippen LogP contribution in [0.4, 0.5) is 5.95 Å². The lowest BCUT2D eigenvalue weighted by atomic mass is 9.85. The molecule has 1 N–H and O–H groups in total. The smallest absolute Gasteiger partial charge is 0.226 e. The Morgan fingerprint density at radius 1 is 1.03 bits per heavy atom. The second-order valence-electron chi connectivity index (χ2n) is 10.7. The van der Waals surface area contributed by atoms with Crippen molar-refractivity contribution in [3.8, 4) is 5.75 Å². The number of allylic oxidation sites excluding steroid dienone is 2.